The minimum atomic E-state index is 0.573. The summed E-state index contributed by atoms with van der Waals surface area (Å²) in [7, 11) is 0. The highest BCUT2D eigenvalue weighted by atomic mass is 16.5. The van der Waals surface area contributed by atoms with Crippen LogP contribution in [0, 0.1) is 0 Å². The van der Waals surface area contributed by atoms with Crippen molar-refractivity contribution < 1.29 is 4.74 Å². The van der Waals surface area contributed by atoms with Crippen molar-refractivity contribution in [1.82, 2.24) is 5.32 Å². The van der Waals surface area contributed by atoms with Gasteiger partial charge in [-0.05, 0) is 19.4 Å². The molecule has 2 fully saturated rings. The van der Waals surface area contributed by atoms with Gasteiger partial charge < -0.3 is 10.1 Å². The minimum absolute atomic E-state index is 0.573. The summed E-state index contributed by atoms with van der Waals surface area (Å²) in [6, 6.07) is 0.712. The smallest absolute Gasteiger partial charge is 0.0750 e. The van der Waals surface area contributed by atoms with E-state index in [1.807, 2.05) is 0 Å². The molecule has 2 heterocycles. The first kappa shape index (κ1) is 4.77. The van der Waals surface area contributed by atoms with Gasteiger partial charge in [0, 0.05) is 12.6 Å². The molecule has 0 saturated carbocycles. The Balaban J connectivity index is 1.79. The standard InChI is InChI=1S/C6H11NO/c1-3-7-5(1)6-2-4-8-6/h5-7H,1-4H2. The van der Waals surface area contributed by atoms with Crippen LogP contribution in [0.4, 0.5) is 0 Å². The fraction of sp³-hybridized carbons (Fsp3) is 1.00. The van der Waals surface area contributed by atoms with Crippen LogP contribution < -0.4 is 5.32 Å². The maximum absolute atomic E-state index is 5.27. The fourth-order valence-corrected chi connectivity index (χ4v) is 1.20. The molecule has 0 aromatic heterocycles. The predicted octanol–water partition coefficient (Wildman–Crippen LogP) is 0.137. The Labute approximate surface area is 49.2 Å². The van der Waals surface area contributed by atoms with Gasteiger partial charge in [-0.1, -0.05) is 0 Å². The molecule has 46 valence electrons. The monoisotopic (exact) mass is 113 g/mol. The van der Waals surface area contributed by atoms with Crippen molar-refractivity contribution in [3.05, 3.63) is 0 Å². The van der Waals surface area contributed by atoms with Crippen molar-refractivity contribution in [1.29, 1.82) is 0 Å². The van der Waals surface area contributed by atoms with Crippen LogP contribution in [0.1, 0.15) is 12.8 Å². The van der Waals surface area contributed by atoms with Crippen LogP contribution >= 0.6 is 0 Å². The summed E-state index contributed by atoms with van der Waals surface area (Å²) in [6.07, 6.45) is 3.17. The largest absolute Gasteiger partial charge is 0.376 e. The predicted molar refractivity (Wildman–Crippen MR) is 30.8 cm³/mol. The van der Waals surface area contributed by atoms with Gasteiger partial charge in [-0.25, -0.2) is 0 Å². The van der Waals surface area contributed by atoms with Crippen LogP contribution in [0.2, 0.25) is 0 Å². The normalized spacial score (nSPS) is 45.0. The molecular weight excluding hydrogens is 102 g/mol. The Morgan fingerprint density at radius 1 is 1.38 bits per heavy atom. The molecule has 2 saturated heterocycles. The summed E-state index contributed by atoms with van der Waals surface area (Å²) in [5.74, 6) is 0. The molecule has 0 radical (unpaired) electrons. The van der Waals surface area contributed by atoms with Crippen LogP contribution in [-0.2, 0) is 4.74 Å². The molecule has 2 heteroatoms. The highest BCUT2D eigenvalue weighted by Gasteiger charge is 2.31. The lowest BCUT2D eigenvalue weighted by Crippen LogP contribution is -2.55. The molecular formula is C6H11NO. The van der Waals surface area contributed by atoms with Gasteiger partial charge in [-0.3, -0.25) is 0 Å². The summed E-state index contributed by atoms with van der Waals surface area (Å²) in [4.78, 5) is 0. The van der Waals surface area contributed by atoms with E-state index in [1.54, 1.807) is 0 Å². The molecule has 2 aliphatic heterocycles. The van der Waals surface area contributed by atoms with Crippen molar-refractivity contribution in [3.63, 3.8) is 0 Å². The van der Waals surface area contributed by atoms with E-state index >= 15 is 0 Å². The first-order valence-electron chi connectivity index (χ1n) is 3.32. The molecule has 2 aliphatic rings. The number of nitrogens with one attached hydrogen (secondary N) is 1. The third-order valence-electron chi connectivity index (χ3n) is 2.04. The quantitative estimate of drug-likeness (QED) is 0.522. The van der Waals surface area contributed by atoms with Gasteiger partial charge in [0.1, 0.15) is 0 Å². The fourth-order valence-electron chi connectivity index (χ4n) is 1.20. The summed E-state index contributed by atoms with van der Waals surface area (Å²) in [5, 5.41) is 3.32. The van der Waals surface area contributed by atoms with Crippen molar-refractivity contribution in [2.24, 2.45) is 0 Å². The minimum Gasteiger partial charge on any atom is -0.376 e. The molecule has 1 N–H and O–H groups in total. The molecule has 0 aromatic rings. The van der Waals surface area contributed by atoms with Gasteiger partial charge in [-0.15, -0.1) is 0 Å². The van der Waals surface area contributed by atoms with E-state index in [1.165, 1.54) is 19.4 Å². The first-order valence-corrected chi connectivity index (χ1v) is 3.32. The van der Waals surface area contributed by atoms with E-state index in [9.17, 15) is 0 Å². The van der Waals surface area contributed by atoms with E-state index in [4.69, 9.17) is 4.74 Å². The summed E-state index contributed by atoms with van der Waals surface area (Å²) in [5.41, 5.74) is 0. The Hall–Kier alpha value is -0.0800. The van der Waals surface area contributed by atoms with E-state index in [0.29, 0.717) is 12.1 Å². The van der Waals surface area contributed by atoms with Gasteiger partial charge in [0.2, 0.25) is 0 Å². The highest BCUT2D eigenvalue weighted by molar-refractivity contribution is 4.88. The van der Waals surface area contributed by atoms with Crippen molar-refractivity contribution >= 4 is 0 Å². The summed E-state index contributed by atoms with van der Waals surface area (Å²) in [6.45, 7) is 2.19. The van der Waals surface area contributed by atoms with Crippen LogP contribution in [-0.4, -0.2) is 25.3 Å². The van der Waals surface area contributed by atoms with Gasteiger partial charge in [-0.2, -0.15) is 0 Å². The molecule has 2 atom stereocenters. The maximum atomic E-state index is 5.27. The second kappa shape index (κ2) is 1.71. The number of ether oxygens (including phenoxy) is 1. The number of rotatable bonds is 1. The molecule has 0 amide bonds. The van der Waals surface area contributed by atoms with Crippen LogP contribution in [0.25, 0.3) is 0 Å². The zero-order valence-corrected chi connectivity index (χ0v) is 4.89. The van der Waals surface area contributed by atoms with Gasteiger partial charge >= 0.3 is 0 Å². The molecule has 0 spiro atoms. The van der Waals surface area contributed by atoms with E-state index in [-0.39, 0.29) is 0 Å². The van der Waals surface area contributed by atoms with Gasteiger partial charge in [0.25, 0.3) is 0 Å². The molecule has 2 unspecified atom stereocenters. The molecule has 0 aliphatic carbocycles. The SMILES string of the molecule is C1CC(C2CCO2)N1. The number of hydrogen-bond donors (Lipinski definition) is 1. The van der Waals surface area contributed by atoms with Crippen LogP contribution in [0.5, 0.6) is 0 Å². The average molecular weight is 113 g/mol. The molecule has 8 heavy (non-hydrogen) atoms. The molecule has 2 rings (SSSR count). The topological polar surface area (TPSA) is 21.3 Å². The molecule has 0 aromatic carbocycles. The lowest BCUT2D eigenvalue weighted by Gasteiger charge is -2.39. The Morgan fingerprint density at radius 3 is 2.25 bits per heavy atom. The van der Waals surface area contributed by atoms with Crippen molar-refractivity contribution in [2.75, 3.05) is 13.2 Å². The maximum Gasteiger partial charge on any atom is 0.0750 e. The third-order valence-corrected chi connectivity index (χ3v) is 2.04. The second-order valence-corrected chi connectivity index (χ2v) is 2.55. The Morgan fingerprint density at radius 2 is 2.12 bits per heavy atom. The Bertz CT molecular complexity index is 74.5. The van der Waals surface area contributed by atoms with Crippen LogP contribution in [0.15, 0.2) is 0 Å². The molecule has 2 nitrogen and oxygen atoms in total. The van der Waals surface area contributed by atoms with Gasteiger partial charge in [0.15, 0.2) is 0 Å². The summed E-state index contributed by atoms with van der Waals surface area (Å²) < 4.78 is 5.27. The zero-order chi connectivity index (χ0) is 5.40. The van der Waals surface area contributed by atoms with Crippen LogP contribution in [0.3, 0.4) is 0 Å². The lowest BCUT2D eigenvalue weighted by atomic mass is 9.96. The Kier molecular flexibility index (Phi) is 1.02. The average Bonchev–Trinajstić information content (AvgIpc) is 1.47. The number of hydrogen-bond acceptors (Lipinski definition) is 2. The van der Waals surface area contributed by atoms with Gasteiger partial charge in [0.05, 0.1) is 6.10 Å². The highest BCUT2D eigenvalue weighted by Crippen LogP contribution is 2.20. The summed E-state index contributed by atoms with van der Waals surface area (Å²) >= 11 is 0. The zero-order valence-electron chi connectivity index (χ0n) is 4.89. The third kappa shape index (κ3) is 0.565. The lowest BCUT2D eigenvalue weighted by molar-refractivity contribution is -0.0835. The van der Waals surface area contributed by atoms with Crippen molar-refractivity contribution in [3.8, 4) is 0 Å². The van der Waals surface area contributed by atoms with E-state index in [2.05, 4.69) is 5.32 Å². The first-order chi connectivity index (χ1) is 3.97. The van der Waals surface area contributed by atoms with E-state index < -0.39 is 0 Å². The second-order valence-electron chi connectivity index (χ2n) is 2.55. The van der Waals surface area contributed by atoms with Crippen molar-refractivity contribution in [2.45, 2.75) is 25.0 Å². The van der Waals surface area contributed by atoms with E-state index in [0.717, 1.165) is 6.61 Å². The molecule has 0 bridgehead atoms.